The minimum Gasteiger partial charge on any atom is -0.384 e. The van der Waals surface area contributed by atoms with Crippen LogP contribution in [-0.4, -0.2) is 54.2 Å². The van der Waals surface area contributed by atoms with Gasteiger partial charge in [0.1, 0.15) is 11.4 Å². The highest BCUT2D eigenvalue weighted by Crippen LogP contribution is 2.35. The van der Waals surface area contributed by atoms with Crippen LogP contribution in [0.3, 0.4) is 0 Å². The van der Waals surface area contributed by atoms with Gasteiger partial charge >= 0.3 is 0 Å². The van der Waals surface area contributed by atoms with Gasteiger partial charge in [0, 0.05) is 17.2 Å². The third-order valence-corrected chi connectivity index (χ3v) is 5.44. The van der Waals surface area contributed by atoms with Crippen molar-refractivity contribution < 1.29 is 23.1 Å². The number of hydrogen-bond donors (Lipinski definition) is 4. The molecule has 5 N–H and O–H groups in total. The number of rotatable bonds is 5. The van der Waals surface area contributed by atoms with Gasteiger partial charge in [0.2, 0.25) is 0 Å². The first kappa shape index (κ1) is 22.2. The lowest BCUT2D eigenvalue weighted by atomic mass is 9.92. The normalized spacial score (nSPS) is 14.8. The van der Waals surface area contributed by atoms with E-state index in [0.717, 1.165) is 17.0 Å². The molecular formula is C19H19F3IN5O2. The van der Waals surface area contributed by atoms with Crippen LogP contribution in [0.5, 0.6) is 0 Å². The van der Waals surface area contributed by atoms with E-state index in [4.69, 9.17) is 11.1 Å². The van der Waals surface area contributed by atoms with Crippen molar-refractivity contribution in [2.45, 2.75) is 5.60 Å². The number of anilines is 2. The number of nitrogens with two attached hydrogens (primary N) is 1. The van der Waals surface area contributed by atoms with Crippen LogP contribution in [0.25, 0.3) is 0 Å². The van der Waals surface area contributed by atoms with Crippen molar-refractivity contribution in [1.82, 2.24) is 10.2 Å². The average molecular weight is 533 g/mol. The maximum absolute atomic E-state index is 14.7. The fourth-order valence-electron chi connectivity index (χ4n) is 3.26. The molecule has 0 radical (unpaired) electrons. The van der Waals surface area contributed by atoms with Gasteiger partial charge < -0.3 is 26.0 Å². The predicted molar refractivity (Wildman–Crippen MR) is 114 cm³/mol. The van der Waals surface area contributed by atoms with Crippen molar-refractivity contribution in [3.63, 3.8) is 0 Å². The van der Waals surface area contributed by atoms with Crippen molar-refractivity contribution in [1.29, 1.82) is 5.41 Å². The zero-order valence-corrected chi connectivity index (χ0v) is 18.0. The molecule has 3 rings (SSSR count). The molecule has 2 aromatic carbocycles. The number of benzene rings is 2. The number of likely N-dealkylation sites (tertiary alicyclic amines) is 1. The molecule has 11 heteroatoms. The van der Waals surface area contributed by atoms with E-state index in [1.54, 1.807) is 6.07 Å². The lowest BCUT2D eigenvalue weighted by molar-refractivity contribution is -0.0761. The number of nitrogens with one attached hydrogen (secondary N) is 2. The molecule has 1 heterocycles. The van der Waals surface area contributed by atoms with E-state index in [0.29, 0.717) is 3.57 Å². The fourth-order valence-corrected chi connectivity index (χ4v) is 3.72. The molecule has 1 aliphatic rings. The molecule has 160 valence electrons. The lowest BCUT2D eigenvalue weighted by Gasteiger charge is -2.46. The van der Waals surface area contributed by atoms with Crippen LogP contribution in [0.1, 0.15) is 10.4 Å². The van der Waals surface area contributed by atoms with E-state index in [9.17, 15) is 23.1 Å². The van der Waals surface area contributed by atoms with Gasteiger partial charge in [-0.05, 0) is 52.9 Å². The Morgan fingerprint density at radius 1 is 1.30 bits per heavy atom. The Morgan fingerprint density at radius 2 is 1.97 bits per heavy atom. The maximum atomic E-state index is 14.7. The number of guanidine groups is 1. The number of amides is 1. The summed E-state index contributed by atoms with van der Waals surface area (Å²) in [6, 6.07) is 6.20. The number of carbonyl (C=O) groups excluding carboxylic acids is 1. The highest BCUT2D eigenvalue weighted by molar-refractivity contribution is 14.1. The van der Waals surface area contributed by atoms with Crippen LogP contribution < -0.4 is 16.0 Å². The molecule has 1 aliphatic heterocycles. The Hall–Kier alpha value is -2.54. The number of halogens is 4. The second-order valence-electron chi connectivity index (χ2n) is 7.07. The van der Waals surface area contributed by atoms with Crippen LogP contribution in [0.4, 0.5) is 24.5 Å². The van der Waals surface area contributed by atoms with Crippen molar-refractivity contribution in [3.05, 3.63) is 56.9 Å². The van der Waals surface area contributed by atoms with Gasteiger partial charge in [-0.2, -0.15) is 0 Å². The van der Waals surface area contributed by atoms with Gasteiger partial charge in [0.15, 0.2) is 17.6 Å². The molecule has 30 heavy (non-hydrogen) atoms. The second kappa shape index (κ2) is 8.30. The zero-order valence-electron chi connectivity index (χ0n) is 15.8. The van der Waals surface area contributed by atoms with E-state index >= 15 is 0 Å². The maximum Gasteiger partial charge on any atom is 0.256 e. The lowest BCUT2D eigenvalue weighted by Crippen LogP contribution is -2.67. The molecule has 0 saturated carbocycles. The van der Waals surface area contributed by atoms with Crippen molar-refractivity contribution in [2.24, 2.45) is 5.73 Å². The SMILES string of the molecule is CN(c1ccc(I)cc1F)c1c(C(=O)N2CC(O)(CNC(=N)N)C2)ccc(F)c1F. The van der Waals surface area contributed by atoms with Crippen molar-refractivity contribution >= 4 is 45.8 Å². The van der Waals surface area contributed by atoms with Gasteiger partial charge in [-0.1, -0.05) is 0 Å². The molecule has 1 amide bonds. The van der Waals surface area contributed by atoms with Crippen LogP contribution in [0.15, 0.2) is 30.3 Å². The van der Waals surface area contributed by atoms with Crippen molar-refractivity contribution in [2.75, 3.05) is 31.6 Å². The van der Waals surface area contributed by atoms with Crippen LogP contribution in [-0.2, 0) is 0 Å². The summed E-state index contributed by atoms with van der Waals surface area (Å²) < 4.78 is 43.7. The number of β-amino-alcohol motifs (C(OH)–C–C–N with tert-alkyl or cyclic N) is 1. The molecule has 0 spiro atoms. The number of nitrogens with zero attached hydrogens (tertiary/aromatic N) is 2. The molecule has 0 aromatic heterocycles. The summed E-state index contributed by atoms with van der Waals surface area (Å²) in [6.07, 6.45) is 0. The van der Waals surface area contributed by atoms with Crippen molar-refractivity contribution in [3.8, 4) is 0 Å². The smallest absolute Gasteiger partial charge is 0.256 e. The molecule has 0 atom stereocenters. The third-order valence-electron chi connectivity index (χ3n) is 4.77. The van der Waals surface area contributed by atoms with Gasteiger partial charge in [-0.15, -0.1) is 0 Å². The molecule has 0 unspecified atom stereocenters. The molecule has 1 saturated heterocycles. The molecule has 2 aromatic rings. The van der Waals surface area contributed by atoms with Crippen LogP contribution in [0, 0.1) is 26.4 Å². The Balaban J connectivity index is 1.90. The summed E-state index contributed by atoms with van der Waals surface area (Å²) >= 11 is 1.92. The highest BCUT2D eigenvalue weighted by atomic mass is 127. The molecule has 1 fully saturated rings. The third kappa shape index (κ3) is 4.31. The van der Waals surface area contributed by atoms with E-state index in [-0.39, 0.29) is 36.8 Å². The minimum absolute atomic E-state index is 0.0280. The zero-order chi connectivity index (χ0) is 22.2. The van der Waals surface area contributed by atoms with Crippen LogP contribution in [0.2, 0.25) is 0 Å². The Labute approximate surface area is 184 Å². The summed E-state index contributed by atoms with van der Waals surface area (Å²) in [5.74, 6) is -4.08. The molecule has 7 nitrogen and oxygen atoms in total. The Morgan fingerprint density at radius 3 is 2.57 bits per heavy atom. The van der Waals surface area contributed by atoms with Gasteiger partial charge in [-0.3, -0.25) is 10.2 Å². The standard InChI is InChI=1S/C19H19F3IN5O2/c1-27(14-5-2-10(23)6-13(14)21)16-11(3-4-12(20)15(16)22)17(29)28-8-19(30,9-28)7-26-18(24)25/h2-6,30H,7-9H2,1H3,(H4,24,25,26). The van der Waals surface area contributed by atoms with E-state index < -0.39 is 34.6 Å². The minimum atomic E-state index is -1.30. The van der Waals surface area contributed by atoms with Crippen LogP contribution >= 0.6 is 22.6 Å². The first-order valence-corrected chi connectivity index (χ1v) is 9.86. The monoisotopic (exact) mass is 533 g/mol. The Kier molecular flexibility index (Phi) is 6.13. The topological polar surface area (TPSA) is 106 Å². The van der Waals surface area contributed by atoms with Gasteiger partial charge in [-0.25, -0.2) is 13.2 Å². The van der Waals surface area contributed by atoms with Gasteiger partial charge in [0.05, 0.1) is 30.0 Å². The highest BCUT2D eigenvalue weighted by Gasteiger charge is 2.44. The van der Waals surface area contributed by atoms with E-state index in [2.05, 4.69) is 5.32 Å². The summed E-state index contributed by atoms with van der Waals surface area (Å²) in [7, 11) is 1.34. The number of carbonyl (C=O) groups is 1. The second-order valence-corrected chi connectivity index (χ2v) is 8.31. The van der Waals surface area contributed by atoms with E-state index in [1.807, 2.05) is 22.6 Å². The summed E-state index contributed by atoms with van der Waals surface area (Å²) in [5, 5.41) is 20.0. The van der Waals surface area contributed by atoms with E-state index in [1.165, 1.54) is 24.1 Å². The number of hydrogen-bond acceptors (Lipinski definition) is 4. The largest absolute Gasteiger partial charge is 0.384 e. The number of aliphatic hydroxyl groups is 1. The summed E-state index contributed by atoms with van der Waals surface area (Å²) in [6.45, 7) is -0.219. The first-order chi connectivity index (χ1) is 14.0. The quantitative estimate of drug-likeness (QED) is 0.268. The Bertz CT molecular complexity index is 1010. The average Bonchev–Trinajstić information content (AvgIpc) is 2.65. The molecule has 0 bridgehead atoms. The summed E-state index contributed by atoms with van der Waals surface area (Å²) in [5.41, 5.74) is 3.29. The summed E-state index contributed by atoms with van der Waals surface area (Å²) in [4.78, 5) is 15.3. The molecular weight excluding hydrogens is 514 g/mol. The fraction of sp³-hybridized carbons (Fsp3) is 0.263. The molecule has 0 aliphatic carbocycles. The first-order valence-electron chi connectivity index (χ1n) is 8.79. The predicted octanol–water partition coefficient (Wildman–Crippen LogP) is 2.15. The van der Waals surface area contributed by atoms with Gasteiger partial charge in [0.25, 0.3) is 5.91 Å².